The number of oxime groups is 2. The first-order valence-corrected chi connectivity index (χ1v) is 15.8. The molecule has 15 heteroatoms. The summed E-state index contributed by atoms with van der Waals surface area (Å²) in [6, 6.07) is 30.9. The molecule has 0 unspecified atom stereocenters. The zero-order chi connectivity index (χ0) is 35.8. The van der Waals surface area contributed by atoms with Gasteiger partial charge in [0.2, 0.25) is 0 Å². The van der Waals surface area contributed by atoms with Crippen molar-refractivity contribution >= 4 is 21.5 Å². The first-order chi connectivity index (χ1) is 23.8. The van der Waals surface area contributed by atoms with E-state index in [0.29, 0.717) is 11.5 Å². The van der Waals surface area contributed by atoms with Crippen LogP contribution in [0.5, 0.6) is 23.0 Å². The van der Waals surface area contributed by atoms with Gasteiger partial charge >= 0.3 is 22.5 Å². The molecule has 0 N–H and O–H groups in total. The van der Waals surface area contributed by atoms with Crippen molar-refractivity contribution in [1.29, 1.82) is 0 Å². The minimum absolute atomic E-state index is 0.0144. The smallest absolute Gasteiger partial charge is 0.437 e. The average molecular weight is 715 g/mol. The molecule has 0 radical (unpaired) electrons. The van der Waals surface area contributed by atoms with Crippen LogP contribution in [0.25, 0.3) is 0 Å². The van der Waals surface area contributed by atoms with Crippen molar-refractivity contribution in [2.45, 2.75) is 23.9 Å². The van der Waals surface area contributed by atoms with Gasteiger partial charge < -0.3 is 14.3 Å². The van der Waals surface area contributed by atoms with Crippen LogP contribution < -0.4 is 9.47 Å². The number of ether oxygens (including phenoxy) is 2. The quantitative estimate of drug-likeness (QED) is 0.0726. The molecule has 0 heterocycles. The van der Waals surface area contributed by atoms with Gasteiger partial charge in [-0.3, -0.25) is 4.28 Å². The Morgan fingerprint density at radius 2 is 0.980 bits per heavy atom. The Bertz CT molecular complexity index is 2050. The fourth-order valence-electron chi connectivity index (χ4n) is 4.24. The highest BCUT2D eigenvalue weighted by molar-refractivity contribution is 7.86. The molecule has 0 saturated carbocycles. The second kappa shape index (κ2) is 15.2. The lowest BCUT2D eigenvalue weighted by Gasteiger charge is -2.12. The maximum atomic E-state index is 13.9. The Balaban J connectivity index is 1.27. The van der Waals surface area contributed by atoms with Crippen molar-refractivity contribution in [3.8, 4) is 23.0 Å². The van der Waals surface area contributed by atoms with Crippen LogP contribution in [0.15, 0.2) is 149 Å². The first kappa shape index (κ1) is 35.5. The average Bonchev–Trinajstić information content (AvgIpc) is 3.08. The van der Waals surface area contributed by atoms with Crippen molar-refractivity contribution in [3.63, 3.8) is 0 Å². The third-order valence-corrected chi connectivity index (χ3v) is 7.65. The molecular formula is C35H24F6N2O6S. The van der Waals surface area contributed by atoms with E-state index in [2.05, 4.69) is 14.6 Å². The first-order valence-electron chi connectivity index (χ1n) is 14.4. The number of hydrogen-bond acceptors (Lipinski definition) is 8. The van der Waals surface area contributed by atoms with Crippen molar-refractivity contribution in [3.05, 3.63) is 150 Å². The van der Waals surface area contributed by atoms with Crippen LogP contribution >= 0.6 is 0 Å². The van der Waals surface area contributed by atoms with Gasteiger partial charge in [0.25, 0.3) is 0 Å². The van der Waals surface area contributed by atoms with Crippen LogP contribution in [0.1, 0.15) is 16.7 Å². The molecule has 0 amide bonds. The fraction of sp³-hybridized carbons (Fsp3) is 0.0857. The topological polar surface area (TPSA) is 95.8 Å². The van der Waals surface area contributed by atoms with E-state index in [1.54, 1.807) is 60.7 Å². The monoisotopic (exact) mass is 714 g/mol. The van der Waals surface area contributed by atoms with Gasteiger partial charge in [-0.25, -0.2) is 0 Å². The van der Waals surface area contributed by atoms with Crippen LogP contribution in [0.4, 0.5) is 26.3 Å². The molecular weight excluding hydrogens is 690 g/mol. The zero-order valence-electron chi connectivity index (χ0n) is 25.4. The minimum atomic E-state index is -5.11. The lowest BCUT2D eigenvalue weighted by Crippen LogP contribution is -2.25. The number of benzene rings is 5. The molecule has 0 aliphatic heterocycles. The maximum absolute atomic E-state index is 13.9. The number of rotatable bonds is 12. The number of halogens is 6. The molecule has 0 spiro atoms. The fourth-order valence-corrected chi connectivity index (χ4v) is 5.04. The number of para-hydroxylation sites is 2. The second-order valence-electron chi connectivity index (χ2n) is 10.2. The Labute approximate surface area is 281 Å². The van der Waals surface area contributed by atoms with Gasteiger partial charge in [-0.15, -0.1) is 0 Å². The summed E-state index contributed by atoms with van der Waals surface area (Å²) in [6.45, 7) is -0.632. The summed E-state index contributed by atoms with van der Waals surface area (Å²) >= 11 is 0. The van der Waals surface area contributed by atoms with E-state index in [1.165, 1.54) is 36.4 Å². The van der Waals surface area contributed by atoms with E-state index in [0.717, 1.165) is 36.4 Å². The molecule has 0 saturated heterocycles. The molecule has 0 aliphatic carbocycles. The van der Waals surface area contributed by atoms with Crippen LogP contribution in [-0.2, 0) is 25.8 Å². The Kier molecular flexibility index (Phi) is 10.8. The number of alkyl halides is 6. The molecule has 0 atom stereocenters. The predicted molar refractivity (Wildman–Crippen MR) is 171 cm³/mol. The third kappa shape index (κ3) is 9.63. The Hall–Kier alpha value is -5.83. The SMILES string of the molecule is O=S(=O)(O/N=C(/c1ccc(Oc2ccccc2)cc1)C(F)(F)F)c1cccc(CO/N=C(/c2ccc(Oc3ccccc3)cc2)C(F)(F)F)c1. The lowest BCUT2D eigenvalue weighted by atomic mass is 10.1. The maximum Gasteiger partial charge on any atom is 0.437 e. The molecule has 0 bridgehead atoms. The molecule has 0 fully saturated rings. The summed E-state index contributed by atoms with van der Waals surface area (Å²) in [5, 5.41) is 6.14. The highest BCUT2D eigenvalue weighted by atomic mass is 32.2. The standard InChI is InChI=1S/C35H24F6N2O6S/c36-34(37,38)32(25-14-18-29(19-15-25)47-27-9-3-1-4-10-27)42-46-23-24-8-7-13-31(22-24)50(44,45)49-43-33(35(39,40)41)26-16-20-30(21-17-26)48-28-11-5-2-6-12-28/h1-22H,23H2/b42-32-,43-33-. The molecule has 0 aliphatic rings. The van der Waals surface area contributed by atoms with Gasteiger partial charge in [0, 0.05) is 11.1 Å². The summed E-state index contributed by atoms with van der Waals surface area (Å²) in [4.78, 5) is 4.28. The van der Waals surface area contributed by atoms with Crippen molar-refractivity contribution in [1.82, 2.24) is 0 Å². The summed E-state index contributed by atoms with van der Waals surface area (Å²) in [7, 11) is -4.92. The lowest BCUT2D eigenvalue weighted by molar-refractivity contribution is -0.0621. The molecule has 5 aromatic rings. The molecule has 258 valence electrons. The zero-order valence-corrected chi connectivity index (χ0v) is 26.2. The van der Waals surface area contributed by atoms with Crippen molar-refractivity contribution in [2.75, 3.05) is 0 Å². The molecule has 8 nitrogen and oxygen atoms in total. The van der Waals surface area contributed by atoms with E-state index in [-0.39, 0.29) is 22.6 Å². The molecule has 0 aromatic heterocycles. The van der Waals surface area contributed by atoms with Gasteiger partial charge in [-0.1, -0.05) is 58.8 Å². The number of nitrogens with zero attached hydrogens (tertiary/aromatic N) is 2. The van der Waals surface area contributed by atoms with Gasteiger partial charge in [0.05, 0.1) is 0 Å². The van der Waals surface area contributed by atoms with Gasteiger partial charge in [-0.05, 0) is 90.5 Å². The van der Waals surface area contributed by atoms with Gasteiger partial charge in [0.15, 0.2) is 11.4 Å². The summed E-state index contributed by atoms with van der Waals surface area (Å²) in [5.74, 6) is 1.42. The van der Waals surface area contributed by atoms with E-state index >= 15 is 0 Å². The summed E-state index contributed by atoms with van der Waals surface area (Å²) in [6.07, 6.45) is -10.0. The van der Waals surface area contributed by atoms with Crippen LogP contribution in [0.2, 0.25) is 0 Å². The van der Waals surface area contributed by atoms with Crippen LogP contribution in [0, 0.1) is 0 Å². The van der Waals surface area contributed by atoms with Crippen molar-refractivity contribution < 1.29 is 53.4 Å². The van der Waals surface area contributed by atoms with E-state index in [1.807, 2.05) is 0 Å². The second-order valence-corrected chi connectivity index (χ2v) is 11.7. The van der Waals surface area contributed by atoms with E-state index in [4.69, 9.17) is 14.3 Å². The van der Waals surface area contributed by atoms with Crippen molar-refractivity contribution in [2.24, 2.45) is 10.3 Å². The number of hydrogen-bond donors (Lipinski definition) is 0. The van der Waals surface area contributed by atoms with Crippen LogP contribution in [0.3, 0.4) is 0 Å². The van der Waals surface area contributed by atoms with Crippen LogP contribution in [-0.4, -0.2) is 32.2 Å². The minimum Gasteiger partial charge on any atom is -0.457 e. The third-order valence-electron chi connectivity index (χ3n) is 6.55. The van der Waals surface area contributed by atoms with Gasteiger partial charge in [-0.2, -0.15) is 34.8 Å². The largest absolute Gasteiger partial charge is 0.457 e. The molecule has 50 heavy (non-hydrogen) atoms. The predicted octanol–water partition coefficient (Wildman–Crippen LogP) is 9.43. The van der Waals surface area contributed by atoms with Gasteiger partial charge in [0.1, 0.15) is 34.5 Å². The highest BCUT2D eigenvalue weighted by Gasteiger charge is 2.39. The summed E-state index contributed by atoms with van der Waals surface area (Å²) < 4.78 is 124. The normalized spacial score (nSPS) is 12.7. The Morgan fingerprint density at radius 3 is 1.44 bits per heavy atom. The molecule has 5 rings (SSSR count). The van der Waals surface area contributed by atoms with E-state index in [9.17, 15) is 34.8 Å². The Morgan fingerprint density at radius 1 is 0.540 bits per heavy atom. The van der Waals surface area contributed by atoms with E-state index < -0.39 is 51.0 Å². The summed E-state index contributed by atoms with van der Waals surface area (Å²) in [5.41, 5.74) is -3.84. The molecule has 5 aromatic carbocycles. The highest BCUT2D eigenvalue weighted by Crippen LogP contribution is 2.29.